The van der Waals surface area contributed by atoms with Crippen LogP contribution in [0.3, 0.4) is 0 Å². The predicted octanol–water partition coefficient (Wildman–Crippen LogP) is 3.41. The Balaban J connectivity index is 1.77. The molecule has 3 nitrogen and oxygen atoms in total. The van der Waals surface area contributed by atoms with Crippen molar-refractivity contribution < 1.29 is 9.52 Å². The first-order valence-electron chi connectivity index (χ1n) is 6.02. The first kappa shape index (κ1) is 14.4. The maximum Gasteiger partial charge on any atom is 0.129 e. The van der Waals surface area contributed by atoms with Crippen molar-refractivity contribution in [3.8, 4) is 0 Å². The second-order valence-electron chi connectivity index (χ2n) is 4.19. The highest BCUT2D eigenvalue weighted by molar-refractivity contribution is 6.35. The van der Waals surface area contributed by atoms with Crippen LogP contribution in [0.25, 0.3) is 0 Å². The van der Waals surface area contributed by atoms with Crippen molar-refractivity contribution in [2.24, 2.45) is 0 Å². The summed E-state index contributed by atoms with van der Waals surface area (Å²) in [7, 11) is 0. The lowest BCUT2D eigenvalue weighted by Crippen LogP contribution is -2.16. The van der Waals surface area contributed by atoms with Crippen molar-refractivity contribution in [3.05, 3.63) is 57.5 Å². The molecule has 1 aromatic carbocycles. The highest BCUT2D eigenvalue weighted by atomic mass is 35.5. The second kappa shape index (κ2) is 6.96. The number of hydrogen-bond acceptors (Lipinski definition) is 3. The molecule has 2 N–H and O–H groups in total. The van der Waals surface area contributed by atoms with Gasteiger partial charge in [-0.25, -0.2) is 0 Å². The van der Waals surface area contributed by atoms with E-state index in [-0.39, 0.29) is 6.61 Å². The van der Waals surface area contributed by atoms with Gasteiger partial charge in [0, 0.05) is 10.0 Å². The standard InChI is InChI=1S/C14H15Cl2NO2/c15-11-2-1-10(14(16)7-11)5-6-17-8-12-3-4-13(9-18)19-12/h1-4,7,17-18H,5-6,8-9H2. The molecule has 0 spiro atoms. The normalized spacial score (nSPS) is 10.9. The highest BCUT2D eigenvalue weighted by Gasteiger charge is 2.03. The van der Waals surface area contributed by atoms with E-state index in [1.165, 1.54) is 0 Å². The molecule has 0 fully saturated rings. The molecule has 0 bridgehead atoms. The van der Waals surface area contributed by atoms with Crippen LogP contribution < -0.4 is 5.32 Å². The minimum Gasteiger partial charge on any atom is -0.462 e. The van der Waals surface area contributed by atoms with Crippen molar-refractivity contribution in [2.45, 2.75) is 19.6 Å². The van der Waals surface area contributed by atoms with Crippen molar-refractivity contribution >= 4 is 23.2 Å². The summed E-state index contributed by atoms with van der Waals surface area (Å²) in [5.74, 6) is 1.39. The van der Waals surface area contributed by atoms with Crippen molar-refractivity contribution in [3.63, 3.8) is 0 Å². The predicted molar refractivity (Wildman–Crippen MR) is 76.5 cm³/mol. The van der Waals surface area contributed by atoms with Gasteiger partial charge in [0.05, 0.1) is 6.54 Å². The molecule has 0 saturated carbocycles. The topological polar surface area (TPSA) is 45.4 Å². The number of rotatable bonds is 6. The number of benzene rings is 1. The first-order valence-corrected chi connectivity index (χ1v) is 6.77. The number of halogens is 2. The third kappa shape index (κ3) is 4.25. The van der Waals surface area contributed by atoms with Gasteiger partial charge in [-0.2, -0.15) is 0 Å². The van der Waals surface area contributed by atoms with Crippen LogP contribution in [0, 0.1) is 0 Å². The Kier molecular flexibility index (Phi) is 5.28. The number of hydrogen-bond donors (Lipinski definition) is 2. The van der Waals surface area contributed by atoms with Crippen LogP contribution in [-0.4, -0.2) is 11.7 Å². The zero-order valence-electron chi connectivity index (χ0n) is 10.3. The fourth-order valence-corrected chi connectivity index (χ4v) is 2.26. The minimum absolute atomic E-state index is 0.0691. The Morgan fingerprint density at radius 3 is 2.58 bits per heavy atom. The zero-order valence-corrected chi connectivity index (χ0v) is 11.8. The van der Waals surface area contributed by atoms with Gasteiger partial charge < -0.3 is 14.8 Å². The number of aliphatic hydroxyl groups excluding tert-OH is 1. The van der Waals surface area contributed by atoms with Gasteiger partial charge in [0.1, 0.15) is 18.1 Å². The maximum absolute atomic E-state index is 8.88. The molecule has 0 radical (unpaired) electrons. The largest absolute Gasteiger partial charge is 0.462 e. The first-order chi connectivity index (χ1) is 9.19. The molecule has 2 rings (SSSR count). The Bertz CT molecular complexity index is 540. The van der Waals surface area contributed by atoms with Crippen molar-refractivity contribution in [2.75, 3.05) is 6.54 Å². The third-order valence-corrected chi connectivity index (χ3v) is 3.35. The van der Waals surface area contributed by atoms with Gasteiger partial charge in [-0.15, -0.1) is 0 Å². The molecule has 2 aromatic rings. The highest BCUT2D eigenvalue weighted by Crippen LogP contribution is 2.21. The molecule has 0 amide bonds. The lowest BCUT2D eigenvalue weighted by Gasteiger charge is -2.05. The minimum atomic E-state index is -0.0691. The summed E-state index contributed by atoms with van der Waals surface area (Å²) >= 11 is 11.9. The number of aliphatic hydroxyl groups is 1. The molecule has 19 heavy (non-hydrogen) atoms. The molecule has 0 aliphatic rings. The molecule has 0 unspecified atom stereocenters. The molecule has 102 valence electrons. The van der Waals surface area contributed by atoms with Crippen LogP contribution in [0.2, 0.25) is 10.0 Å². The summed E-state index contributed by atoms with van der Waals surface area (Å²) in [5, 5.41) is 13.5. The monoisotopic (exact) mass is 299 g/mol. The van der Waals surface area contributed by atoms with E-state index in [9.17, 15) is 0 Å². The van der Waals surface area contributed by atoms with Gasteiger partial charge in [0.25, 0.3) is 0 Å². The Labute approximate surface area is 122 Å². The van der Waals surface area contributed by atoms with Gasteiger partial charge in [-0.05, 0) is 42.8 Å². The lowest BCUT2D eigenvalue weighted by atomic mass is 10.1. The summed E-state index contributed by atoms with van der Waals surface area (Å²) in [6.45, 7) is 1.35. The molecule has 1 aromatic heterocycles. The van der Waals surface area contributed by atoms with Crippen LogP contribution in [0.5, 0.6) is 0 Å². The van der Waals surface area contributed by atoms with E-state index in [0.29, 0.717) is 22.4 Å². The van der Waals surface area contributed by atoms with Crippen LogP contribution >= 0.6 is 23.2 Å². The molecule has 0 aliphatic carbocycles. The van der Waals surface area contributed by atoms with E-state index >= 15 is 0 Å². The van der Waals surface area contributed by atoms with Gasteiger partial charge in [0.2, 0.25) is 0 Å². The molecule has 0 aliphatic heterocycles. The smallest absolute Gasteiger partial charge is 0.129 e. The average Bonchev–Trinajstić information content (AvgIpc) is 2.84. The van der Waals surface area contributed by atoms with Gasteiger partial charge in [0.15, 0.2) is 0 Å². The van der Waals surface area contributed by atoms with Crippen LogP contribution in [-0.2, 0) is 19.6 Å². The van der Waals surface area contributed by atoms with E-state index in [4.69, 9.17) is 32.7 Å². The summed E-state index contributed by atoms with van der Waals surface area (Å²) in [5.41, 5.74) is 1.06. The molecule has 0 atom stereocenters. The number of furan rings is 1. The molecular weight excluding hydrogens is 285 g/mol. The van der Waals surface area contributed by atoms with E-state index in [0.717, 1.165) is 24.3 Å². The fourth-order valence-electron chi connectivity index (χ4n) is 1.76. The SMILES string of the molecule is OCc1ccc(CNCCc2ccc(Cl)cc2Cl)o1. The quantitative estimate of drug-likeness (QED) is 0.804. The van der Waals surface area contributed by atoms with Gasteiger partial charge in [-0.1, -0.05) is 29.3 Å². The van der Waals surface area contributed by atoms with E-state index < -0.39 is 0 Å². The fraction of sp³-hybridized carbons (Fsp3) is 0.286. The van der Waals surface area contributed by atoms with Crippen LogP contribution in [0.4, 0.5) is 0 Å². The van der Waals surface area contributed by atoms with Gasteiger partial charge in [-0.3, -0.25) is 0 Å². The molecule has 1 heterocycles. The van der Waals surface area contributed by atoms with Crippen LogP contribution in [0.1, 0.15) is 17.1 Å². The third-order valence-electron chi connectivity index (χ3n) is 2.76. The Hall–Kier alpha value is -1.00. The van der Waals surface area contributed by atoms with E-state index in [2.05, 4.69) is 5.32 Å². The average molecular weight is 300 g/mol. The Morgan fingerprint density at radius 1 is 1.11 bits per heavy atom. The van der Waals surface area contributed by atoms with E-state index in [1.54, 1.807) is 12.1 Å². The zero-order chi connectivity index (χ0) is 13.7. The second-order valence-corrected chi connectivity index (χ2v) is 5.03. The van der Waals surface area contributed by atoms with Gasteiger partial charge >= 0.3 is 0 Å². The summed E-state index contributed by atoms with van der Waals surface area (Å²) in [6, 6.07) is 9.14. The van der Waals surface area contributed by atoms with Crippen LogP contribution in [0.15, 0.2) is 34.7 Å². The van der Waals surface area contributed by atoms with E-state index in [1.807, 2.05) is 18.2 Å². The maximum atomic E-state index is 8.88. The molecule has 5 heteroatoms. The number of nitrogens with one attached hydrogen (secondary N) is 1. The summed E-state index contributed by atoms with van der Waals surface area (Å²) in [4.78, 5) is 0. The lowest BCUT2D eigenvalue weighted by molar-refractivity contribution is 0.243. The molecular formula is C14H15Cl2NO2. The summed E-state index contributed by atoms with van der Waals surface area (Å²) < 4.78 is 5.37. The van der Waals surface area contributed by atoms with Crippen molar-refractivity contribution in [1.82, 2.24) is 5.32 Å². The summed E-state index contributed by atoms with van der Waals surface area (Å²) in [6.07, 6.45) is 0.823. The molecule has 0 saturated heterocycles. The van der Waals surface area contributed by atoms with Crippen molar-refractivity contribution in [1.29, 1.82) is 0 Å². The Morgan fingerprint density at radius 2 is 1.89 bits per heavy atom.